The van der Waals surface area contributed by atoms with Crippen LogP contribution >= 0.6 is 0 Å². The molecule has 3 fully saturated rings. The average molecular weight is 305 g/mol. The van der Waals surface area contributed by atoms with Gasteiger partial charge in [-0.05, 0) is 31.7 Å². The molecule has 5 nitrogen and oxygen atoms in total. The zero-order valence-electron chi connectivity index (χ0n) is 12.7. The summed E-state index contributed by atoms with van der Waals surface area (Å²) in [5.74, 6) is 1.45. The SMILES string of the molecule is O=C(c1ccoc1C1CC1)N1CCOC[C@@H]1[C@H]1CCC[C@H]1O. The Hall–Kier alpha value is -1.33. The number of rotatable bonds is 3. The van der Waals surface area contributed by atoms with Crippen LogP contribution in [0.5, 0.6) is 0 Å². The molecular weight excluding hydrogens is 282 g/mol. The van der Waals surface area contributed by atoms with Crippen LogP contribution in [0.3, 0.4) is 0 Å². The molecular formula is C17H23NO4. The van der Waals surface area contributed by atoms with Crippen molar-refractivity contribution in [2.24, 2.45) is 5.92 Å². The van der Waals surface area contributed by atoms with E-state index in [-0.39, 0.29) is 24.0 Å². The van der Waals surface area contributed by atoms with Crippen LogP contribution in [0.2, 0.25) is 0 Å². The number of carbonyl (C=O) groups excluding carboxylic acids is 1. The Morgan fingerprint density at radius 2 is 2.14 bits per heavy atom. The molecule has 1 N–H and O–H groups in total. The third kappa shape index (κ3) is 2.46. The van der Waals surface area contributed by atoms with E-state index in [1.165, 1.54) is 0 Å². The van der Waals surface area contributed by atoms with Gasteiger partial charge in [-0.2, -0.15) is 0 Å². The third-order valence-corrected chi connectivity index (χ3v) is 5.33. The Balaban J connectivity index is 1.58. The number of ether oxygens (including phenoxy) is 1. The number of aliphatic hydroxyl groups is 1. The standard InChI is InChI=1S/C17H23NO4/c19-15-3-1-2-12(15)14-10-21-9-7-18(14)17(20)13-6-8-22-16(13)11-4-5-11/h6,8,11-12,14-15,19H,1-5,7,9-10H2/t12-,14-,15-/m1/s1. The van der Waals surface area contributed by atoms with Gasteiger partial charge in [0.2, 0.25) is 0 Å². The summed E-state index contributed by atoms with van der Waals surface area (Å²) < 4.78 is 11.2. The first-order chi connectivity index (χ1) is 10.8. The molecule has 3 aliphatic rings. The van der Waals surface area contributed by atoms with Crippen LogP contribution in [0.15, 0.2) is 16.7 Å². The van der Waals surface area contributed by atoms with Gasteiger partial charge in [-0.3, -0.25) is 4.79 Å². The van der Waals surface area contributed by atoms with Gasteiger partial charge in [0, 0.05) is 18.4 Å². The van der Waals surface area contributed by atoms with Gasteiger partial charge in [0.15, 0.2) is 0 Å². The van der Waals surface area contributed by atoms with Crippen LogP contribution in [-0.2, 0) is 4.74 Å². The molecule has 0 spiro atoms. The second kappa shape index (κ2) is 5.70. The van der Waals surface area contributed by atoms with Crippen LogP contribution in [-0.4, -0.2) is 47.8 Å². The predicted octanol–water partition coefficient (Wildman–Crippen LogP) is 2.16. The molecule has 22 heavy (non-hydrogen) atoms. The molecule has 1 saturated heterocycles. The van der Waals surface area contributed by atoms with Crippen molar-refractivity contribution in [3.05, 3.63) is 23.7 Å². The summed E-state index contributed by atoms with van der Waals surface area (Å²) >= 11 is 0. The molecule has 1 amide bonds. The van der Waals surface area contributed by atoms with Crippen LogP contribution in [0.1, 0.15) is 54.1 Å². The maximum absolute atomic E-state index is 13.0. The number of hydrogen-bond acceptors (Lipinski definition) is 4. The van der Waals surface area contributed by atoms with Crippen molar-refractivity contribution >= 4 is 5.91 Å². The van der Waals surface area contributed by atoms with Gasteiger partial charge < -0.3 is 19.2 Å². The Morgan fingerprint density at radius 1 is 1.27 bits per heavy atom. The molecule has 0 bridgehead atoms. The van der Waals surface area contributed by atoms with E-state index in [0.717, 1.165) is 37.9 Å². The molecule has 1 aromatic rings. The monoisotopic (exact) mass is 305 g/mol. The van der Waals surface area contributed by atoms with Crippen molar-refractivity contribution in [2.75, 3.05) is 19.8 Å². The molecule has 1 aromatic heterocycles. The summed E-state index contributed by atoms with van der Waals surface area (Å²) in [6, 6.07) is 1.79. The molecule has 0 aromatic carbocycles. The molecule has 4 rings (SSSR count). The van der Waals surface area contributed by atoms with Crippen molar-refractivity contribution in [1.29, 1.82) is 0 Å². The minimum atomic E-state index is -0.311. The first-order valence-electron chi connectivity index (χ1n) is 8.40. The molecule has 3 atom stereocenters. The van der Waals surface area contributed by atoms with E-state index in [1.807, 2.05) is 4.90 Å². The van der Waals surface area contributed by atoms with E-state index in [1.54, 1.807) is 12.3 Å². The highest BCUT2D eigenvalue weighted by Crippen LogP contribution is 2.42. The largest absolute Gasteiger partial charge is 0.468 e. The van der Waals surface area contributed by atoms with E-state index in [4.69, 9.17) is 9.15 Å². The Labute approximate surface area is 130 Å². The number of morpholine rings is 1. The number of amides is 1. The topological polar surface area (TPSA) is 62.9 Å². The van der Waals surface area contributed by atoms with Crippen LogP contribution in [0.4, 0.5) is 0 Å². The lowest BCUT2D eigenvalue weighted by Gasteiger charge is -2.40. The van der Waals surface area contributed by atoms with E-state index in [2.05, 4.69) is 0 Å². The Bertz CT molecular complexity index is 551. The normalized spacial score (nSPS) is 32.4. The second-order valence-electron chi connectivity index (χ2n) is 6.78. The fraction of sp³-hybridized carbons (Fsp3) is 0.706. The first-order valence-corrected chi connectivity index (χ1v) is 8.40. The number of hydrogen-bond donors (Lipinski definition) is 1. The zero-order valence-corrected chi connectivity index (χ0v) is 12.7. The molecule has 2 saturated carbocycles. The summed E-state index contributed by atoms with van der Waals surface area (Å²) in [5, 5.41) is 10.2. The minimum Gasteiger partial charge on any atom is -0.468 e. The van der Waals surface area contributed by atoms with Gasteiger partial charge in [-0.25, -0.2) is 0 Å². The van der Waals surface area contributed by atoms with Gasteiger partial charge in [-0.1, -0.05) is 6.42 Å². The van der Waals surface area contributed by atoms with Crippen molar-refractivity contribution in [3.8, 4) is 0 Å². The van der Waals surface area contributed by atoms with Gasteiger partial charge in [0.05, 0.1) is 37.2 Å². The Kier molecular flexibility index (Phi) is 3.70. The zero-order chi connectivity index (χ0) is 15.1. The fourth-order valence-corrected chi connectivity index (χ4v) is 3.96. The van der Waals surface area contributed by atoms with Gasteiger partial charge in [0.25, 0.3) is 5.91 Å². The highest BCUT2D eigenvalue weighted by molar-refractivity contribution is 5.95. The molecule has 0 radical (unpaired) electrons. The summed E-state index contributed by atoms with van der Waals surface area (Å²) in [6.07, 6.45) is 6.38. The summed E-state index contributed by atoms with van der Waals surface area (Å²) in [7, 11) is 0. The van der Waals surface area contributed by atoms with Crippen LogP contribution in [0.25, 0.3) is 0 Å². The van der Waals surface area contributed by atoms with Crippen molar-refractivity contribution < 1.29 is 19.1 Å². The van der Waals surface area contributed by atoms with Gasteiger partial charge in [-0.15, -0.1) is 0 Å². The van der Waals surface area contributed by atoms with Crippen molar-refractivity contribution in [1.82, 2.24) is 4.90 Å². The number of furan rings is 1. The molecule has 2 aliphatic carbocycles. The maximum atomic E-state index is 13.0. The predicted molar refractivity (Wildman–Crippen MR) is 79.7 cm³/mol. The van der Waals surface area contributed by atoms with Crippen LogP contribution < -0.4 is 0 Å². The lowest BCUT2D eigenvalue weighted by molar-refractivity contribution is -0.0384. The Morgan fingerprint density at radius 3 is 2.86 bits per heavy atom. The van der Waals surface area contributed by atoms with E-state index >= 15 is 0 Å². The number of aliphatic hydroxyl groups excluding tert-OH is 1. The van der Waals surface area contributed by atoms with Gasteiger partial charge in [0.1, 0.15) is 5.76 Å². The van der Waals surface area contributed by atoms with E-state index < -0.39 is 0 Å². The quantitative estimate of drug-likeness (QED) is 0.929. The summed E-state index contributed by atoms with van der Waals surface area (Å²) in [6.45, 7) is 1.70. The number of carbonyl (C=O) groups is 1. The first kappa shape index (κ1) is 14.3. The average Bonchev–Trinajstić information content (AvgIpc) is 3.11. The molecule has 1 aliphatic heterocycles. The number of nitrogens with zero attached hydrogens (tertiary/aromatic N) is 1. The van der Waals surface area contributed by atoms with Crippen molar-refractivity contribution in [3.63, 3.8) is 0 Å². The highest BCUT2D eigenvalue weighted by Gasteiger charge is 2.41. The molecule has 120 valence electrons. The van der Waals surface area contributed by atoms with E-state index in [0.29, 0.717) is 31.2 Å². The third-order valence-electron chi connectivity index (χ3n) is 5.33. The van der Waals surface area contributed by atoms with Gasteiger partial charge >= 0.3 is 0 Å². The molecule has 2 heterocycles. The summed E-state index contributed by atoms with van der Waals surface area (Å²) in [4.78, 5) is 14.9. The molecule has 5 heteroatoms. The highest BCUT2D eigenvalue weighted by atomic mass is 16.5. The summed E-state index contributed by atoms with van der Waals surface area (Å²) in [5.41, 5.74) is 0.710. The van der Waals surface area contributed by atoms with E-state index in [9.17, 15) is 9.90 Å². The fourth-order valence-electron chi connectivity index (χ4n) is 3.96. The smallest absolute Gasteiger partial charge is 0.257 e. The lowest BCUT2D eigenvalue weighted by atomic mass is 9.93. The minimum absolute atomic E-state index is 0.0132. The molecule has 0 unspecified atom stereocenters. The maximum Gasteiger partial charge on any atom is 0.257 e. The van der Waals surface area contributed by atoms with Crippen molar-refractivity contribution in [2.45, 2.75) is 50.2 Å². The van der Waals surface area contributed by atoms with Crippen LogP contribution in [0, 0.1) is 5.92 Å². The lowest BCUT2D eigenvalue weighted by Crippen LogP contribution is -2.53. The second-order valence-corrected chi connectivity index (χ2v) is 6.78.